The highest BCUT2D eigenvalue weighted by Gasteiger charge is 2.30. The Hall–Kier alpha value is -2.29. The Labute approximate surface area is 114 Å². The third kappa shape index (κ3) is 2.39. The van der Waals surface area contributed by atoms with E-state index < -0.39 is 11.7 Å². The zero-order valence-electron chi connectivity index (χ0n) is 10.5. The van der Waals surface area contributed by atoms with Crippen molar-refractivity contribution in [3.05, 3.63) is 72.3 Å². The minimum absolute atomic E-state index is 0.582. The van der Waals surface area contributed by atoms with Crippen LogP contribution in [0.15, 0.2) is 66.7 Å². The summed E-state index contributed by atoms with van der Waals surface area (Å²) in [6.45, 7) is 0. The van der Waals surface area contributed by atoms with Crippen LogP contribution >= 0.6 is 0 Å². The molecule has 2 aliphatic rings. The van der Waals surface area contributed by atoms with Gasteiger partial charge in [-0.1, -0.05) is 42.5 Å². The van der Waals surface area contributed by atoms with Crippen molar-refractivity contribution in [2.24, 2.45) is 0 Å². The predicted molar refractivity (Wildman–Crippen MR) is 73.5 cm³/mol. The molecule has 1 aromatic rings. The number of rotatable bonds is 1. The van der Waals surface area contributed by atoms with Gasteiger partial charge in [0, 0.05) is 0 Å². The van der Waals surface area contributed by atoms with Gasteiger partial charge >= 0.3 is 6.18 Å². The summed E-state index contributed by atoms with van der Waals surface area (Å²) in [6, 6.07) is 18.9. The number of benzene rings is 1. The molecule has 0 N–H and O–H groups in total. The Bertz CT molecular complexity index is 683. The van der Waals surface area contributed by atoms with Gasteiger partial charge in [0.1, 0.15) is 0 Å². The van der Waals surface area contributed by atoms with E-state index in [-0.39, 0.29) is 0 Å². The first-order chi connectivity index (χ1) is 9.54. The molecule has 0 bridgehead atoms. The first kappa shape index (κ1) is 12.7. The molecule has 0 spiro atoms. The van der Waals surface area contributed by atoms with E-state index in [1.807, 2.05) is 42.5 Å². The second kappa shape index (κ2) is 4.67. The smallest absolute Gasteiger partial charge is 0.166 e. The molecule has 0 atom stereocenters. The average Bonchev–Trinajstić information content (AvgIpc) is 2.69. The second-order valence-electron chi connectivity index (χ2n) is 4.64. The fourth-order valence-electron chi connectivity index (χ4n) is 2.26. The van der Waals surface area contributed by atoms with E-state index in [9.17, 15) is 13.2 Å². The molecule has 0 saturated carbocycles. The van der Waals surface area contributed by atoms with Gasteiger partial charge in [0.2, 0.25) is 0 Å². The maximum Gasteiger partial charge on any atom is 0.416 e. The van der Waals surface area contributed by atoms with Gasteiger partial charge in [-0.25, -0.2) is 0 Å². The first-order valence-electron chi connectivity index (χ1n) is 6.20. The van der Waals surface area contributed by atoms with E-state index in [4.69, 9.17) is 0 Å². The van der Waals surface area contributed by atoms with Crippen LogP contribution in [0.25, 0.3) is 22.3 Å². The van der Waals surface area contributed by atoms with Gasteiger partial charge in [-0.2, -0.15) is 13.2 Å². The molecule has 0 fully saturated rings. The molecule has 100 valence electrons. The summed E-state index contributed by atoms with van der Waals surface area (Å²) in [5, 5.41) is 0. The molecule has 1 aromatic carbocycles. The molecule has 3 heteroatoms. The Morgan fingerprint density at radius 1 is 0.550 bits per heavy atom. The monoisotopic (exact) mass is 272 g/mol. The fourth-order valence-corrected chi connectivity index (χ4v) is 2.26. The quantitative estimate of drug-likeness (QED) is 0.550. The second-order valence-corrected chi connectivity index (χ2v) is 4.64. The van der Waals surface area contributed by atoms with Crippen LogP contribution in [0.4, 0.5) is 13.2 Å². The Morgan fingerprint density at radius 2 is 1.10 bits per heavy atom. The normalized spacial score (nSPS) is 11.8. The molecule has 20 heavy (non-hydrogen) atoms. The fraction of sp³-hybridized carbons (Fsp3) is 0.0588. The zero-order chi connectivity index (χ0) is 14.2. The summed E-state index contributed by atoms with van der Waals surface area (Å²) in [5.41, 5.74) is 2.80. The summed E-state index contributed by atoms with van der Waals surface area (Å²) in [5.74, 6) is 0. The molecule has 0 amide bonds. The summed E-state index contributed by atoms with van der Waals surface area (Å²) in [6.07, 6.45) is -4.31. The Morgan fingerprint density at radius 3 is 1.70 bits per heavy atom. The van der Waals surface area contributed by atoms with Crippen LogP contribution in [-0.2, 0) is 6.18 Å². The van der Waals surface area contributed by atoms with Gasteiger partial charge < -0.3 is 0 Å². The molecule has 0 radical (unpaired) electrons. The van der Waals surface area contributed by atoms with Crippen molar-refractivity contribution in [3.63, 3.8) is 0 Å². The third-order valence-electron chi connectivity index (χ3n) is 3.25. The molecular formula is C17H11F3. The number of alkyl halides is 3. The van der Waals surface area contributed by atoms with E-state index in [1.165, 1.54) is 12.1 Å². The van der Waals surface area contributed by atoms with Crippen LogP contribution in [0.2, 0.25) is 0 Å². The van der Waals surface area contributed by atoms with E-state index in [2.05, 4.69) is 0 Å². The third-order valence-corrected chi connectivity index (χ3v) is 3.25. The average molecular weight is 272 g/mol. The number of halogens is 3. The van der Waals surface area contributed by atoms with Gasteiger partial charge in [-0.3, -0.25) is 0 Å². The molecule has 0 unspecified atom stereocenters. The van der Waals surface area contributed by atoms with Gasteiger partial charge in [-0.05, 0) is 46.5 Å². The van der Waals surface area contributed by atoms with Crippen molar-refractivity contribution in [2.75, 3.05) is 0 Å². The lowest BCUT2D eigenvalue weighted by Crippen LogP contribution is -2.04. The van der Waals surface area contributed by atoms with Gasteiger partial charge in [0.05, 0.1) is 5.56 Å². The van der Waals surface area contributed by atoms with Crippen molar-refractivity contribution >= 4 is 0 Å². The maximum absolute atomic E-state index is 12.7. The minimum atomic E-state index is -4.31. The Kier molecular flexibility index (Phi) is 2.97. The maximum atomic E-state index is 12.7. The van der Waals surface area contributed by atoms with Crippen molar-refractivity contribution < 1.29 is 13.2 Å². The summed E-state index contributed by atoms with van der Waals surface area (Å²) in [4.78, 5) is 0. The predicted octanol–water partition coefficient (Wildman–Crippen LogP) is 5.48. The van der Waals surface area contributed by atoms with Crippen LogP contribution in [0, 0.1) is 0 Å². The zero-order valence-corrected chi connectivity index (χ0v) is 10.5. The Balaban J connectivity index is 2.10. The van der Waals surface area contributed by atoms with E-state index in [0.717, 1.165) is 22.8 Å². The molecule has 0 aromatic heterocycles. The standard InChI is InChI=1S/C17H11F3/c18-17(19,20)16-8-4-7-14(11-16)15-9-12-5-2-1-3-6-13(12)10-15/h1-11H. The number of hydrogen-bond donors (Lipinski definition) is 0. The lowest BCUT2D eigenvalue weighted by molar-refractivity contribution is -0.137. The van der Waals surface area contributed by atoms with Crippen LogP contribution in [-0.4, -0.2) is 0 Å². The van der Waals surface area contributed by atoms with Crippen LogP contribution < -0.4 is 0 Å². The highest BCUT2D eigenvalue weighted by atomic mass is 19.4. The van der Waals surface area contributed by atoms with Crippen molar-refractivity contribution in [3.8, 4) is 22.3 Å². The summed E-state index contributed by atoms with van der Waals surface area (Å²) >= 11 is 0. The molecular weight excluding hydrogens is 261 g/mol. The largest absolute Gasteiger partial charge is 0.416 e. The highest BCUT2D eigenvalue weighted by Crippen LogP contribution is 2.35. The van der Waals surface area contributed by atoms with Crippen molar-refractivity contribution in [2.45, 2.75) is 6.18 Å². The molecule has 2 aliphatic carbocycles. The van der Waals surface area contributed by atoms with Crippen LogP contribution in [0.3, 0.4) is 0 Å². The van der Waals surface area contributed by atoms with Crippen LogP contribution in [0.5, 0.6) is 0 Å². The molecule has 3 rings (SSSR count). The van der Waals surface area contributed by atoms with Gasteiger partial charge in [0.15, 0.2) is 0 Å². The SMILES string of the molecule is FC(F)(F)c1cccc(-c2cc3cccccc-3c2)c1. The number of hydrogen-bond acceptors (Lipinski definition) is 0. The lowest BCUT2D eigenvalue weighted by atomic mass is 10.1. The van der Waals surface area contributed by atoms with Gasteiger partial charge in [-0.15, -0.1) is 0 Å². The van der Waals surface area contributed by atoms with Crippen molar-refractivity contribution in [1.29, 1.82) is 0 Å². The highest BCUT2D eigenvalue weighted by molar-refractivity contribution is 5.79. The van der Waals surface area contributed by atoms with E-state index >= 15 is 0 Å². The molecule has 0 saturated heterocycles. The minimum Gasteiger partial charge on any atom is -0.166 e. The van der Waals surface area contributed by atoms with Gasteiger partial charge in [0.25, 0.3) is 0 Å². The van der Waals surface area contributed by atoms with Crippen molar-refractivity contribution in [1.82, 2.24) is 0 Å². The lowest BCUT2D eigenvalue weighted by Gasteiger charge is -2.07. The molecule has 0 aliphatic heterocycles. The van der Waals surface area contributed by atoms with E-state index in [1.54, 1.807) is 6.07 Å². The summed E-state index contributed by atoms with van der Waals surface area (Å²) in [7, 11) is 0. The molecule has 0 nitrogen and oxygen atoms in total. The first-order valence-corrected chi connectivity index (χ1v) is 6.20. The van der Waals surface area contributed by atoms with E-state index in [0.29, 0.717) is 5.56 Å². The summed E-state index contributed by atoms with van der Waals surface area (Å²) < 4.78 is 38.2. The van der Waals surface area contributed by atoms with Crippen LogP contribution in [0.1, 0.15) is 5.56 Å². The number of fused-ring (bicyclic) bond motifs is 1. The topological polar surface area (TPSA) is 0 Å². The molecule has 0 heterocycles.